The van der Waals surface area contributed by atoms with Crippen molar-refractivity contribution in [3.8, 4) is 0 Å². The molecule has 5 aliphatic rings. The lowest BCUT2D eigenvalue weighted by atomic mass is 9.47. The van der Waals surface area contributed by atoms with E-state index in [1.54, 1.807) is 38.5 Å². The van der Waals surface area contributed by atoms with Crippen LogP contribution in [0.1, 0.15) is 59.3 Å². The first-order valence-electron chi connectivity index (χ1n) is 9.54. The molecule has 4 bridgehead atoms. The number of piperazine rings is 1. The van der Waals surface area contributed by atoms with Crippen LogP contribution in [0.3, 0.4) is 0 Å². The van der Waals surface area contributed by atoms with E-state index in [4.69, 9.17) is 0 Å². The summed E-state index contributed by atoms with van der Waals surface area (Å²) in [6.07, 6.45) is 9.36. The van der Waals surface area contributed by atoms with Gasteiger partial charge < -0.3 is 5.32 Å². The summed E-state index contributed by atoms with van der Waals surface area (Å²) in [5, 5.41) is 3.63. The molecule has 5 fully saturated rings. The number of rotatable bonds is 3. The van der Waals surface area contributed by atoms with Gasteiger partial charge in [0.15, 0.2) is 0 Å². The summed E-state index contributed by atoms with van der Waals surface area (Å²) in [7, 11) is 0. The summed E-state index contributed by atoms with van der Waals surface area (Å²) in [6, 6.07) is 1.56. The minimum absolute atomic E-state index is 0.680. The van der Waals surface area contributed by atoms with Crippen LogP contribution in [0, 0.1) is 29.1 Å². The molecule has 1 heterocycles. The van der Waals surface area contributed by atoms with E-state index < -0.39 is 0 Å². The summed E-state index contributed by atoms with van der Waals surface area (Å²) in [5.74, 6) is 4.02. The van der Waals surface area contributed by atoms with E-state index in [-0.39, 0.29) is 0 Å². The average molecular weight is 290 g/mol. The Hall–Kier alpha value is -0.0800. The van der Waals surface area contributed by atoms with Gasteiger partial charge in [0.1, 0.15) is 0 Å². The van der Waals surface area contributed by atoms with Crippen molar-refractivity contribution in [1.82, 2.24) is 10.2 Å². The van der Waals surface area contributed by atoms with Crippen LogP contribution in [0.15, 0.2) is 0 Å². The number of hydrogen-bond acceptors (Lipinski definition) is 2. The standard InChI is InChI=1S/C19H34N2/c1-13(2)18-12-20-4-5-21(18)14(3)19-9-15-6-16(10-19)8-17(7-15)11-19/h13-18,20H,4-12H2,1-3H3. The molecule has 5 rings (SSSR count). The van der Waals surface area contributed by atoms with Crippen molar-refractivity contribution in [3.05, 3.63) is 0 Å². The second kappa shape index (κ2) is 5.23. The van der Waals surface area contributed by atoms with E-state index in [1.165, 1.54) is 19.6 Å². The fraction of sp³-hybridized carbons (Fsp3) is 1.00. The number of nitrogens with one attached hydrogen (secondary N) is 1. The monoisotopic (exact) mass is 290 g/mol. The molecule has 2 atom stereocenters. The molecule has 0 aromatic carbocycles. The Labute approximate surface area is 131 Å². The highest BCUT2D eigenvalue weighted by Gasteiger charge is 2.54. The van der Waals surface area contributed by atoms with Gasteiger partial charge in [0.2, 0.25) is 0 Å². The van der Waals surface area contributed by atoms with Crippen molar-refractivity contribution in [2.75, 3.05) is 19.6 Å². The third kappa shape index (κ3) is 2.37. The smallest absolute Gasteiger partial charge is 0.0247 e. The van der Waals surface area contributed by atoms with Crippen LogP contribution in [-0.2, 0) is 0 Å². The minimum atomic E-state index is 0.680. The third-order valence-corrected chi connectivity index (χ3v) is 7.57. The molecule has 0 spiro atoms. The largest absolute Gasteiger partial charge is 0.314 e. The van der Waals surface area contributed by atoms with Crippen LogP contribution in [0.25, 0.3) is 0 Å². The predicted octanol–water partition coefficient (Wildman–Crippen LogP) is 3.52. The predicted molar refractivity (Wildman–Crippen MR) is 88.3 cm³/mol. The first kappa shape index (κ1) is 14.5. The second-order valence-electron chi connectivity index (χ2n) is 9.21. The van der Waals surface area contributed by atoms with Gasteiger partial charge in [-0.2, -0.15) is 0 Å². The maximum Gasteiger partial charge on any atom is 0.0247 e. The zero-order valence-corrected chi connectivity index (χ0v) is 14.3. The zero-order valence-electron chi connectivity index (χ0n) is 14.3. The molecule has 1 aliphatic heterocycles. The second-order valence-corrected chi connectivity index (χ2v) is 9.21. The van der Waals surface area contributed by atoms with Gasteiger partial charge in [0.05, 0.1) is 0 Å². The van der Waals surface area contributed by atoms with Gasteiger partial charge >= 0.3 is 0 Å². The molecule has 21 heavy (non-hydrogen) atoms. The van der Waals surface area contributed by atoms with E-state index in [2.05, 4.69) is 31.0 Å². The fourth-order valence-corrected chi connectivity index (χ4v) is 6.88. The fourth-order valence-electron chi connectivity index (χ4n) is 6.88. The van der Waals surface area contributed by atoms with Crippen molar-refractivity contribution in [1.29, 1.82) is 0 Å². The summed E-state index contributed by atoms with van der Waals surface area (Å²) in [5.41, 5.74) is 0.680. The van der Waals surface area contributed by atoms with Crippen LogP contribution < -0.4 is 5.32 Å². The highest BCUT2D eigenvalue weighted by Crippen LogP contribution is 2.62. The Kier molecular flexibility index (Phi) is 3.61. The van der Waals surface area contributed by atoms with E-state index in [1.807, 2.05) is 0 Å². The molecule has 0 aromatic heterocycles. The van der Waals surface area contributed by atoms with Gasteiger partial charge in [-0.1, -0.05) is 13.8 Å². The molecule has 0 radical (unpaired) electrons. The van der Waals surface area contributed by atoms with Gasteiger partial charge in [-0.3, -0.25) is 4.90 Å². The van der Waals surface area contributed by atoms with Crippen LogP contribution in [-0.4, -0.2) is 36.6 Å². The maximum atomic E-state index is 3.63. The van der Waals surface area contributed by atoms with E-state index in [9.17, 15) is 0 Å². The Morgan fingerprint density at radius 3 is 2.05 bits per heavy atom. The number of hydrogen-bond donors (Lipinski definition) is 1. The van der Waals surface area contributed by atoms with Crippen molar-refractivity contribution >= 4 is 0 Å². The average Bonchev–Trinajstić information content (AvgIpc) is 2.45. The Morgan fingerprint density at radius 1 is 0.952 bits per heavy atom. The molecule has 2 nitrogen and oxygen atoms in total. The molecular formula is C19H34N2. The highest BCUT2D eigenvalue weighted by atomic mass is 15.3. The lowest BCUT2D eigenvalue weighted by Crippen LogP contribution is -2.63. The van der Waals surface area contributed by atoms with Crippen LogP contribution in [0.2, 0.25) is 0 Å². The van der Waals surface area contributed by atoms with Gasteiger partial charge in [-0.15, -0.1) is 0 Å². The molecule has 2 heteroatoms. The Balaban J connectivity index is 1.57. The van der Waals surface area contributed by atoms with E-state index in [0.29, 0.717) is 5.41 Å². The SMILES string of the molecule is CC(C)C1CNCCN1C(C)C12CC3CC(CC(C3)C1)C2. The normalized spacial score (nSPS) is 48.0. The molecule has 1 N–H and O–H groups in total. The zero-order chi connectivity index (χ0) is 14.6. The molecular weight excluding hydrogens is 256 g/mol. The lowest BCUT2D eigenvalue weighted by Gasteiger charge is -2.61. The van der Waals surface area contributed by atoms with Crippen molar-refractivity contribution in [2.24, 2.45) is 29.1 Å². The van der Waals surface area contributed by atoms with Gasteiger partial charge in [-0.05, 0) is 74.5 Å². The molecule has 2 unspecified atom stereocenters. The van der Waals surface area contributed by atoms with Gasteiger partial charge in [-0.25, -0.2) is 0 Å². The Morgan fingerprint density at radius 2 is 1.52 bits per heavy atom. The maximum absolute atomic E-state index is 3.63. The van der Waals surface area contributed by atoms with Crippen molar-refractivity contribution < 1.29 is 0 Å². The molecule has 4 saturated carbocycles. The Bertz CT molecular complexity index is 354. The van der Waals surface area contributed by atoms with Crippen LogP contribution in [0.5, 0.6) is 0 Å². The molecule has 4 aliphatic carbocycles. The third-order valence-electron chi connectivity index (χ3n) is 7.57. The first-order chi connectivity index (χ1) is 10.1. The summed E-state index contributed by atoms with van der Waals surface area (Å²) < 4.78 is 0. The summed E-state index contributed by atoms with van der Waals surface area (Å²) >= 11 is 0. The van der Waals surface area contributed by atoms with Gasteiger partial charge in [0, 0.05) is 31.7 Å². The molecule has 0 amide bonds. The molecule has 1 saturated heterocycles. The molecule has 0 aromatic rings. The highest BCUT2D eigenvalue weighted by molar-refractivity contribution is 5.06. The van der Waals surface area contributed by atoms with Crippen LogP contribution in [0.4, 0.5) is 0 Å². The quantitative estimate of drug-likeness (QED) is 0.855. The lowest BCUT2D eigenvalue weighted by molar-refractivity contribution is -0.110. The topological polar surface area (TPSA) is 15.3 Å². The first-order valence-corrected chi connectivity index (χ1v) is 9.54. The number of nitrogens with zero attached hydrogens (tertiary/aromatic N) is 1. The van der Waals surface area contributed by atoms with Crippen molar-refractivity contribution in [2.45, 2.75) is 71.4 Å². The van der Waals surface area contributed by atoms with E-state index in [0.717, 1.165) is 35.8 Å². The minimum Gasteiger partial charge on any atom is -0.314 e. The molecule has 120 valence electrons. The summed E-state index contributed by atoms with van der Waals surface area (Å²) in [4.78, 5) is 2.91. The van der Waals surface area contributed by atoms with Crippen molar-refractivity contribution in [3.63, 3.8) is 0 Å². The van der Waals surface area contributed by atoms with Gasteiger partial charge in [0.25, 0.3) is 0 Å². The summed E-state index contributed by atoms with van der Waals surface area (Å²) in [6.45, 7) is 11.1. The van der Waals surface area contributed by atoms with E-state index >= 15 is 0 Å². The van der Waals surface area contributed by atoms with Crippen LogP contribution >= 0.6 is 0 Å².